The van der Waals surface area contributed by atoms with E-state index in [2.05, 4.69) is 20.2 Å². The van der Waals surface area contributed by atoms with Crippen LogP contribution in [0, 0.1) is 21.4 Å². The molecule has 4 heterocycles. The van der Waals surface area contributed by atoms with E-state index in [9.17, 15) is 14.9 Å². The van der Waals surface area contributed by atoms with Crippen LogP contribution in [-0.2, 0) is 0 Å². The van der Waals surface area contributed by atoms with Crippen LogP contribution < -0.4 is 15.8 Å². The fraction of sp³-hybridized carbons (Fsp3) is 0.263. The lowest BCUT2D eigenvalue weighted by Crippen LogP contribution is -2.40. The lowest BCUT2D eigenvalue weighted by Gasteiger charge is -2.33. The molecular formula is C19H17N7O3. The Kier molecular flexibility index (Phi) is 4.78. The van der Waals surface area contributed by atoms with Crippen LogP contribution in [0.1, 0.15) is 18.4 Å². The number of fused-ring (bicyclic) bond motifs is 1. The predicted octanol–water partition coefficient (Wildman–Crippen LogP) is 1.95. The van der Waals surface area contributed by atoms with E-state index in [1.54, 1.807) is 24.3 Å². The molecule has 0 unspecified atom stereocenters. The molecule has 0 aromatic carbocycles. The van der Waals surface area contributed by atoms with Gasteiger partial charge in [-0.25, -0.2) is 9.97 Å². The average molecular weight is 391 g/mol. The summed E-state index contributed by atoms with van der Waals surface area (Å²) in [7, 11) is 0. The summed E-state index contributed by atoms with van der Waals surface area (Å²) < 4.78 is 1.17. The molecule has 0 atom stereocenters. The molecule has 4 rings (SSSR count). The molecule has 0 saturated carbocycles. The second-order valence-corrected chi connectivity index (χ2v) is 6.72. The van der Waals surface area contributed by atoms with Gasteiger partial charge in [0.05, 0.1) is 10.5 Å². The first-order chi connectivity index (χ1) is 14.1. The highest BCUT2D eigenvalue weighted by Gasteiger charge is 2.27. The minimum absolute atomic E-state index is 0.00106. The van der Waals surface area contributed by atoms with Crippen molar-refractivity contribution >= 4 is 23.0 Å². The number of anilines is 2. The van der Waals surface area contributed by atoms with Crippen molar-refractivity contribution < 1.29 is 4.92 Å². The molecule has 0 spiro atoms. The van der Waals surface area contributed by atoms with Crippen LogP contribution in [0.5, 0.6) is 0 Å². The minimum atomic E-state index is -0.706. The summed E-state index contributed by atoms with van der Waals surface area (Å²) in [5, 5.41) is 23.5. The molecule has 0 amide bonds. The Balaban J connectivity index is 1.52. The molecule has 0 aliphatic carbocycles. The quantitative estimate of drug-likeness (QED) is 0.528. The van der Waals surface area contributed by atoms with Crippen molar-refractivity contribution in [2.24, 2.45) is 0 Å². The monoisotopic (exact) mass is 391 g/mol. The van der Waals surface area contributed by atoms with E-state index in [0.717, 1.165) is 5.82 Å². The first-order valence-electron chi connectivity index (χ1n) is 9.10. The van der Waals surface area contributed by atoms with Crippen molar-refractivity contribution in [3.8, 4) is 6.07 Å². The number of aromatic nitrogens is 3. The van der Waals surface area contributed by atoms with E-state index in [-0.39, 0.29) is 11.9 Å². The Hall–Kier alpha value is -4.00. The van der Waals surface area contributed by atoms with Gasteiger partial charge in [-0.15, -0.1) is 0 Å². The number of rotatable bonds is 4. The molecule has 3 aromatic rings. The Bertz CT molecular complexity index is 1160. The molecule has 0 bridgehead atoms. The Morgan fingerprint density at radius 1 is 1.24 bits per heavy atom. The number of piperidine rings is 1. The number of pyridine rings is 2. The fourth-order valence-electron chi connectivity index (χ4n) is 3.43. The van der Waals surface area contributed by atoms with Crippen LogP contribution in [0.2, 0.25) is 0 Å². The third kappa shape index (κ3) is 3.58. The summed E-state index contributed by atoms with van der Waals surface area (Å²) in [5.74, 6) is 0.789. The average Bonchev–Trinajstić information content (AvgIpc) is 2.74. The summed E-state index contributed by atoms with van der Waals surface area (Å²) in [5.41, 5.74) is -0.400. The molecule has 146 valence electrons. The van der Waals surface area contributed by atoms with Crippen molar-refractivity contribution in [1.82, 2.24) is 14.4 Å². The van der Waals surface area contributed by atoms with Gasteiger partial charge in [0.15, 0.2) is 0 Å². The largest absolute Gasteiger partial charge is 0.376 e. The number of hydrogen-bond acceptors (Lipinski definition) is 8. The lowest BCUT2D eigenvalue weighted by molar-refractivity contribution is -0.385. The lowest BCUT2D eigenvalue weighted by atomic mass is 10.0. The predicted molar refractivity (Wildman–Crippen MR) is 106 cm³/mol. The van der Waals surface area contributed by atoms with Crippen molar-refractivity contribution in [2.45, 2.75) is 18.9 Å². The van der Waals surface area contributed by atoms with Gasteiger partial charge < -0.3 is 10.2 Å². The first kappa shape index (κ1) is 18.4. The summed E-state index contributed by atoms with van der Waals surface area (Å²) in [4.78, 5) is 34.0. The maximum atomic E-state index is 12.5. The van der Waals surface area contributed by atoms with Crippen molar-refractivity contribution in [3.63, 3.8) is 0 Å². The van der Waals surface area contributed by atoms with Crippen molar-refractivity contribution in [3.05, 3.63) is 68.8 Å². The number of nitriles is 1. The summed E-state index contributed by atoms with van der Waals surface area (Å²) in [6.07, 6.45) is 4.41. The molecule has 1 saturated heterocycles. The molecule has 0 radical (unpaired) electrons. The normalized spacial score (nSPS) is 14.5. The number of nitrogens with zero attached hydrogens (tertiary/aromatic N) is 6. The molecular weight excluding hydrogens is 374 g/mol. The van der Waals surface area contributed by atoms with Crippen LogP contribution in [0.15, 0.2) is 47.5 Å². The molecule has 10 heteroatoms. The smallest absolute Gasteiger partial charge is 0.361 e. The molecule has 10 nitrogen and oxygen atoms in total. The topological polar surface area (TPSA) is 129 Å². The molecule has 1 aliphatic heterocycles. The maximum absolute atomic E-state index is 12.5. The maximum Gasteiger partial charge on any atom is 0.376 e. The molecule has 1 fully saturated rings. The second-order valence-electron chi connectivity index (χ2n) is 6.72. The highest BCUT2D eigenvalue weighted by atomic mass is 16.6. The first-order valence-corrected chi connectivity index (χ1v) is 9.10. The van der Waals surface area contributed by atoms with Crippen LogP contribution in [0.25, 0.3) is 5.65 Å². The van der Waals surface area contributed by atoms with E-state index in [0.29, 0.717) is 37.1 Å². The Morgan fingerprint density at radius 2 is 2.03 bits per heavy atom. The standard InChI is InChI=1S/C19H17N7O3/c20-11-13-4-5-15(21-12-13)24-9-6-14(7-10-24)22-18-17(26(28)29)19(27)25-8-2-1-3-16(25)23-18/h1-5,8,12,14,22H,6-7,9-10H2. The van der Waals surface area contributed by atoms with Gasteiger partial charge in [0.1, 0.15) is 17.5 Å². The van der Waals surface area contributed by atoms with Gasteiger partial charge in [-0.2, -0.15) is 5.26 Å². The summed E-state index contributed by atoms with van der Waals surface area (Å²) in [6.45, 7) is 1.38. The van der Waals surface area contributed by atoms with E-state index < -0.39 is 16.2 Å². The number of nitro groups is 1. The Morgan fingerprint density at radius 3 is 2.69 bits per heavy atom. The highest BCUT2D eigenvalue weighted by molar-refractivity contribution is 5.60. The third-order valence-electron chi connectivity index (χ3n) is 4.93. The number of hydrogen-bond donors (Lipinski definition) is 1. The molecule has 29 heavy (non-hydrogen) atoms. The van der Waals surface area contributed by atoms with Gasteiger partial charge >= 0.3 is 11.2 Å². The van der Waals surface area contributed by atoms with Crippen LogP contribution in [0.4, 0.5) is 17.3 Å². The van der Waals surface area contributed by atoms with Gasteiger partial charge in [-0.05, 0) is 37.1 Å². The van der Waals surface area contributed by atoms with Gasteiger partial charge in [0, 0.05) is 31.5 Å². The fourth-order valence-corrected chi connectivity index (χ4v) is 3.43. The van der Waals surface area contributed by atoms with Gasteiger partial charge in [0.25, 0.3) is 0 Å². The van der Waals surface area contributed by atoms with Crippen LogP contribution >= 0.6 is 0 Å². The molecule has 1 aliphatic rings. The van der Waals surface area contributed by atoms with Crippen LogP contribution in [-0.4, -0.2) is 38.4 Å². The Labute approximate surface area is 165 Å². The zero-order chi connectivity index (χ0) is 20.4. The van der Waals surface area contributed by atoms with E-state index in [4.69, 9.17) is 5.26 Å². The third-order valence-corrected chi connectivity index (χ3v) is 4.93. The second kappa shape index (κ2) is 7.55. The SMILES string of the molecule is N#Cc1ccc(N2CCC(Nc3nc4ccccn4c(=O)c3[N+](=O)[O-])CC2)nc1. The highest BCUT2D eigenvalue weighted by Crippen LogP contribution is 2.24. The molecule has 1 N–H and O–H groups in total. The summed E-state index contributed by atoms with van der Waals surface area (Å²) in [6, 6.07) is 10.5. The van der Waals surface area contributed by atoms with Crippen LogP contribution in [0.3, 0.4) is 0 Å². The van der Waals surface area contributed by atoms with Gasteiger partial charge in [-0.3, -0.25) is 19.3 Å². The minimum Gasteiger partial charge on any atom is -0.361 e. The van der Waals surface area contributed by atoms with E-state index in [1.807, 2.05) is 12.1 Å². The van der Waals surface area contributed by atoms with Gasteiger partial charge in [0.2, 0.25) is 5.82 Å². The summed E-state index contributed by atoms with van der Waals surface area (Å²) >= 11 is 0. The zero-order valence-corrected chi connectivity index (χ0v) is 15.4. The van der Waals surface area contributed by atoms with Gasteiger partial charge in [-0.1, -0.05) is 6.07 Å². The number of nitrogens with one attached hydrogen (secondary N) is 1. The van der Waals surface area contributed by atoms with Crippen molar-refractivity contribution in [2.75, 3.05) is 23.3 Å². The zero-order valence-electron chi connectivity index (χ0n) is 15.4. The van der Waals surface area contributed by atoms with Crippen molar-refractivity contribution in [1.29, 1.82) is 5.26 Å². The molecule has 3 aromatic heterocycles. The van der Waals surface area contributed by atoms with E-state index >= 15 is 0 Å². The van der Waals surface area contributed by atoms with E-state index in [1.165, 1.54) is 16.8 Å².